The van der Waals surface area contributed by atoms with Crippen molar-refractivity contribution in [3.05, 3.63) is 77.9 Å². The minimum atomic E-state index is -0.443. The second-order valence-electron chi connectivity index (χ2n) is 4.59. The predicted molar refractivity (Wildman–Crippen MR) is 76.2 cm³/mol. The minimum absolute atomic E-state index is 0.0440. The number of carbonyl (C=O) groups excluding carboxylic acids is 1. The van der Waals surface area contributed by atoms with Crippen molar-refractivity contribution in [2.24, 2.45) is 0 Å². The fraction of sp³-hybridized carbons (Fsp3) is 0.0588. The fourth-order valence-corrected chi connectivity index (χ4v) is 2.28. The molecule has 3 rings (SSSR count). The molecule has 3 heteroatoms. The number of fused-ring (bicyclic) bond motifs is 1. The molecule has 0 amide bonds. The number of Topliss-reactive ketones (excluding diaryl/α,β-unsaturated/α-hetero) is 1. The third-order valence-electron chi connectivity index (χ3n) is 3.30. The van der Waals surface area contributed by atoms with Crippen LogP contribution in [-0.4, -0.2) is 10.8 Å². The molecule has 0 aliphatic heterocycles. The van der Waals surface area contributed by atoms with Crippen molar-refractivity contribution >= 4 is 16.6 Å². The standard InChI is InChI=1S/C17H12FNO/c18-16-11-19-9-8-13(16)10-17(20)15-7-3-5-12-4-1-2-6-14(12)15/h1-9,11H,10H2. The van der Waals surface area contributed by atoms with Crippen molar-refractivity contribution in [3.8, 4) is 0 Å². The summed E-state index contributed by atoms with van der Waals surface area (Å²) in [4.78, 5) is 16.1. The molecule has 2 nitrogen and oxygen atoms in total. The Labute approximate surface area is 115 Å². The number of hydrogen-bond acceptors (Lipinski definition) is 2. The van der Waals surface area contributed by atoms with Crippen LogP contribution in [0.2, 0.25) is 0 Å². The topological polar surface area (TPSA) is 30.0 Å². The molecule has 1 heterocycles. The highest BCUT2D eigenvalue weighted by atomic mass is 19.1. The van der Waals surface area contributed by atoms with Gasteiger partial charge < -0.3 is 0 Å². The molecule has 20 heavy (non-hydrogen) atoms. The van der Waals surface area contributed by atoms with Gasteiger partial charge in [-0.15, -0.1) is 0 Å². The van der Waals surface area contributed by atoms with Crippen LogP contribution >= 0.6 is 0 Å². The van der Waals surface area contributed by atoms with Gasteiger partial charge in [-0.2, -0.15) is 0 Å². The second kappa shape index (κ2) is 5.21. The first kappa shape index (κ1) is 12.5. The number of carbonyl (C=O) groups is 1. The molecule has 98 valence electrons. The smallest absolute Gasteiger partial charge is 0.167 e. The Hall–Kier alpha value is -2.55. The highest BCUT2D eigenvalue weighted by Gasteiger charge is 2.12. The van der Waals surface area contributed by atoms with Gasteiger partial charge in [0.05, 0.1) is 6.20 Å². The van der Waals surface area contributed by atoms with Crippen LogP contribution < -0.4 is 0 Å². The Morgan fingerprint density at radius 1 is 1.05 bits per heavy atom. The van der Waals surface area contributed by atoms with Crippen LogP contribution in [0, 0.1) is 5.82 Å². The molecule has 0 bridgehead atoms. The van der Waals surface area contributed by atoms with Crippen LogP contribution in [0.5, 0.6) is 0 Å². The zero-order valence-corrected chi connectivity index (χ0v) is 10.7. The van der Waals surface area contributed by atoms with Crippen molar-refractivity contribution in [2.45, 2.75) is 6.42 Å². The number of pyridine rings is 1. The maximum Gasteiger partial charge on any atom is 0.167 e. The van der Waals surface area contributed by atoms with Crippen LogP contribution in [0.15, 0.2) is 60.9 Å². The van der Waals surface area contributed by atoms with E-state index in [1.165, 1.54) is 6.20 Å². The summed E-state index contributed by atoms with van der Waals surface area (Å²) >= 11 is 0. The molecule has 0 saturated heterocycles. The third-order valence-corrected chi connectivity index (χ3v) is 3.30. The highest BCUT2D eigenvalue weighted by molar-refractivity contribution is 6.08. The number of benzene rings is 2. The zero-order valence-electron chi connectivity index (χ0n) is 10.7. The average molecular weight is 265 g/mol. The summed E-state index contributed by atoms with van der Waals surface area (Å²) in [5.74, 6) is -0.534. The third kappa shape index (κ3) is 2.30. The first-order chi connectivity index (χ1) is 9.75. The normalized spacial score (nSPS) is 10.7. The molecule has 0 aliphatic rings. The Morgan fingerprint density at radius 3 is 2.70 bits per heavy atom. The monoisotopic (exact) mass is 265 g/mol. The SMILES string of the molecule is O=C(Cc1ccncc1F)c1cccc2ccccc12. The summed E-state index contributed by atoms with van der Waals surface area (Å²) in [6.45, 7) is 0. The summed E-state index contributed by atoms with van der Waals surface area (Å²) in [7, 11) is 0. The van der Waals surface area contributed by atoms with E-state index in [2.05, 4.69) is 4.98 Å². The van der Waals surface area contributed by atoms with Gasteiger partial charge in [0, 0.05) is 18.2 Å². The largest absolute Gasteiger partial charge is 0.294 e. The number of nitrogens with zero attached hydrogens (tertiary/aromatic N) is 1. The van der Waals surface area contributed by atoms with Gasteiger partial charge in [0.25, 0.3) is 0 Å². The van der Waals surface area contributed by atoms with E-state index in [4.69, 9.17) is 0 Å². The molecule has 0 spiro atoms. The lowest BCUT2D eigenvalue weighted by Gasteiger charge is -2.06. The molecular formula is C17H12FNO. The predicted octanol–water partition coefficient (Wildman–Crippen LogP) is 3.80. The summed E-state index contributed by atoms with van der Waals surface area (Å²) in [5.41, 5.74) is 0.997. The van der Waals surface area contributed by atoms with Crippen LogP contribution in [0.25, 0.3) is 10.8 Å². The zero-order chi connectivity index (χ0) is 13.9. The van der Waals surface area contributed by atoms with E-state index in [1.807, 2.05) is 36.4 Å². The molecule has 1 aromatic heterocycles. The van der Waals surface area contributed by atoms with Crippen molar-refractivity contribution in [2.75, 3.05) is 0 Å². The number of ketones is 1. The van der Waals surface area contributed by atoms with Crippen LogP contribution in [0.1, 0.15) is 15.9 Å². The lowest BCUT2D eigenvalue weighted by Crippen LogP contribution is -2.06. The maximum absolute atomic E-state index is 13.6. The molecule has 0 atom stereocenters. The second-order valence-corrected chi connectivity index (χ2v) is 4.59. The van der Waals surface area contributed by atoms with Crippen molar-refractivity contribution in [1.29, 1.82) is 0 Å². The van der Waals surface area contributed by atoms with Crippen molar-refractivity contribution in [1.82, 2.24) is 4.98 Å². The Balaban J connectivity index is 1.99. The first-order valence-corrected chi connectivity index (χ1v) is 6.35. The van der Waals surface area contributed by atoms with Gasteiger partial charge in [0.2, 0.25) is 0 Å². The fourth-order valence-electron chi connectivity index (χ4n) is 2.28. The molecule has 0 saturated carbocycles. The van der Waals surface area contributed by atoms with E-state index in [0.29, 0.717) is 11.1 Å². The van der Waals surface area contributed by atoms with Crippen molar-refractivity contribution < 1.29 is 9.18 Å². The highest BCUT2D eigenvalue weighted by Crippen LogP contribution is 2.20. The molecule has 0 unspecified atom stereocenters. The van der Waals surface area contributed by atoms with E-state index in [-0.39, 0.29) is 12.2 Å². The lowest BCUT2D eigenvalue weighted by molar-refractivity contribution is 0.0993. The van der Waals surface area contributed by atoms with Crippen LogP contribution in [0.4, 0.5) is 4.39 Å². The molecular weight excluding hydrogens is 253 g/mol. The Bertz CT molecular complexity index is 777. The van der Waals surface area contributed by atoms with Gasteiger partial charge in [-0.1, -0.05) is 42.5 Å². The first-order valence-electron chi connectivity index (χ1n) is 6.35. The summed E-state index contributed by atoms with van der Waals surface area (Å²) in [5, 5.41) is 1.91. The molecule has 3 aromatic rings. The van der Waals surface area contributed by atoms with Gasteiger partial charge in [-0.05, 0) is 22.4 Å². The molecule has 0 radical (unpaired) electrons. The molecule has 2 aromatic carbocycles. The Kier molecular flexibility index (Phi) is 3.25. The van der Waals surface area contributed by atoms with Gasteiger partial charge in [-0.25, -0.2) is 4.39 Å². The number of hydrogen-bond donors (Lipinski definition) is 0. The van der Waals surface area contributed by atoms with Gasteiger partial charge in [0.1, 0.15) is 5.82 Å². The van der Waals surface area contributed by atoms with Crippen molar-refractivity contribution in [3.63, 3.8) is 0 Å². The molecule has 0 fully saturated rings. The molecule has 0 N–H and O–H groups in total. The molecule has 0 aliphatic carbocycles. The summed E-state index contributed by atoms with van der Waals surface area (Å²) in [6, 6.07) is 14.8. The summed E-state index contributed by atoms with van der Waals surface area (Å²) in [6.07, 6.45) is 2.67. The number of rotatable bonds is 3. The quantitative estimate of drug-likeness (QED) is 0.674. The number of aromatic nitrogens is 1. The average Bonchev–Trinajstić information content (AvgIpc) is 2.49. The van der Waals surface area contributed by atoms with Gasteiger partial charge in [-0.3, -0.25) is 9.78 Å². The van der Waals surface area contributed by atoms with E-state index < -0.39 is 5.82 Å². The van der Waals surface area contributed by atoms with Gasteiger partial charge in [0.15, 0.2) is 5.78 Å². The summed E-state index contributed by atoms with van der Waals surface area (Å²) < 4.78 is 13.6. The van der Waals surface area contributed by atoms with Crippen LogP contribution in [0.3, 0.4) is 0 Å². The Morgan fingerprint density at radius 2 is 1.85 bits per heavy atom. The maximum atomic E-state index is 13.6. The van der Waals surface area contributed by atoms with Crippen LogP contribution in [-0.2, 0) is 6.42 Å². The van der Waals surface area contributed by atoms with E-state index in [9.17, 15) is 9.18 Å². The van der Waals surface area contributed by atoms with Gasteiger partial charge >= 0.3 is 0 Å². The lowest BCUT2D eigenvalue weighted by atomic mass is 9.98. The number of halogens is 1. The van der Waals surface area contributed by atoms with E-state index in [1.54, 1.807) is 12.1 Å². The van der Waals surface area contributed by atoms with E-state index >= 15 is 0 Å². The van der Waals surface area contributed by atoms with E-state index in [0.717, 1.165) is 17.0 Å². The minimum Gasteiger partial charge on any atom is -0.294 e.